The minimum absolute atomic E-state index is 0.843. The molecule has 0 bridgehead atoms. The lowest BCUT2D eigenvalue weighted by Crippen LogP contribution is -2.09. The maximum Gasteiger partial charge on any atom is 0.138 e. The van der Waals surface area contributed by atoms with Crippen molar-refractivity contribution in [2.75, 3.05) is 7.05 Å². The number of rotatable bonds is 5. The molecule has 0 atom stereocenters. The van der Waals surface area contributed by atoms with E-state index in [0.717, 1.165) is 29.1 Å². The Kier molecular flexibility index (Phi) is 4.80. The molecular formula is C13H21N3S. The number of aromatic nitrogens is 2. The highest BCUT2D eigenvalue weighted by Crippen LogP contribution is 2.30. The van der Waals surface area contributed by atoms with Gasteiger partial charge in [0.05, 0.1) is 5.75 Å². The van der Waals surface area contributed by atoms with E-state index >= 15 is 0 Å². The van der Waals surface area contributed by atoms with E-state index in [1.54, 1.807) is 0 Å². The van der Waals surface area contributed by atoms with Crippen molar-refractivity contribution in [3.8, 4) is 0 Å². The molecule has 0 unspecified atom stereocenters. The van der Waals surface area contributed by atoms with E-state index < -0.39 is 0 Å². The van der Waals surface area contributed by atoms with Gasteiger partial charge in [0.25, 0.3) is 0 Å². The molecule has 1 aliphatic carbocycles. The van der Waals surface area contributed by atoms with Gasteiger partial charge in [-0.15, -0.1) is 0 Å². The summed E-state index contributed by atoms with van der Waals surface area (Å²) in [6.07, 6.45) is 7.52. The van der Waals surface area contributed by atoms with E-state index in [-0.39, 0.29) is 0 Å². The monoisotopic (exact) mass is 251 g/mol. The first kappa shape index (κ1) is 12.8. The summed E-state index contributed by atoms with van der Waals surface area (Å²) in [5.41, 5.74) is 2.30. The molecule has 1 heterocycles. The van der Waals surface area contributed by atoms with Gasteiger partial charge in [0, 0.05) is 29.2 Å². The molecule has 1 aliphatic rings. The number of nitrogens with one attached hydrogen (secondary N) is 1. The Labute approximate surface area is 108 Å². The zero-order valence-corrected chi connectivity index (χ0v) is 11.5. The third-order valence-electron chi connectivity index (χ3n) is 3.25. The maximum absolute atomic E-state index is 4.58. The molecule has 0 radical (unpaired) electrons. The standard InChI is InChI=1S/C13H21N3S/c1-10-11(7-14-2)8-15-13(16-10)9-17-12-5-3-4-6-12/h8,12,14H,3-7,9H2,1-2H3. The molecule has 17 heavy (non-hydrogen) atoms. The third kappa shape index (κ3) is 3.68. The predicted octanol–water partition coefficient (Wildman–Crippen LogP) is 2.68. The Morgan fingerprint density at radius 3 is 2.82 bits per heavy atom. The number of aryl methyl sites for hydroxylation is 1. The third-order valence-corrected chi connectivity index (χ3v) is 4.62. The summed E-state index contributed by atoms with van der Waals surface area (Å²) < 4.78 is 0. The molecule has 0 aliphatic heterocycles. The van der Waals surface area contributed by atoms with E-state index in [1.807, 2.05) is 25.0 Å². The molecule has 4 heteroatoms. The van der Waals surface area contributed by atoms with Crippen LogP contribution in [0.2, 0.25) is 0 Å². The predicted molar refractivity (Wildman–Crippen MR) is 73.1 cm³/mol. The molecule has 0 aromatic carbocycles. The first-order chi connectivity index (χ1) is 8.29. The number of hydrogen-bond acceptors (Lipinski definition) is 4. The van der Waals surface area contributed by atoms with Gasteiger partial charge in [0.1, 0.15) is 5.82 Å². The normalized spacial score (nSPS) is 16.6. The van der Waals surface area contributed by atoms with Gasteiger partial charge >= 0.3 is 0 Å². The lowest BCUT2D eigenvalue weighted by Gasteiger charge is -2.09. The quantitative estimate of drug-likeness (QED) is 0.873. The molecular weight excluding hydrogens is 230 g/mol. The molecule has 1 saturated carbocycles. The largest absolute Gasteiger partial charge is 0.316 e. The van der Waals surface area contributed by atoms with Crippen molar-refractivity contribution >= 4 is 11.8 Å². The van der Waals surface area contributed by atoms with Crippen LogP contribution in [0.1, 0.15) is 42.8 Å². The SMILES string of the molecule is CNCc1cnc(CSC2CCCC2)nc1C. The number of thioether (sulfide) groups is 1. The van der Waals surface area contributed by atoms with E-state index in [2.05, 4.69) is 22.2 Å². The summed E-state index contributed by atoms with van der Waals surface area (Å²) in [5.74, 6) is 1.95. The molecule has 1 fully saturated rings. The van der Waals surface area contributed by atoms with Crippen LogP contribution in [0.4, 0.5) is 0 Å². The fraction of sp³-hybridized carbons (Fsp3) is 0.692. The molecule has 1 N–H and O–H groups in total. The molecule has 94 valence electrons. The fourth-order valence-electron chi connectivity index (χ4n) is 2.22. The first-order valence-electron chi connectivity index (χ1n) is 6.37. The van der Waals surface area contributed by atoms with Crippen molar-refractivity contribution in [1.82, 2.24) is 15.3 Å². The summed E-state index contributed by atoms with van der Waals surface area (Å²) in [4.78, 5) is 9.03. The minimum atomic E-state index is 0.843. The van der Waals surface area contributed by atoms with Crippen LogP contribution < -0.4 is 5.32 Å². The molecule has 1 aromatic heterocycles. The highest BCUT2D eigenvalue weighted by molar-refractivity contribution is 7.99. The summed E-state index contributed by atoms with van der Waals surface area (Å²) in [6.45, 7) is 2.92. The molecule has 2 rings (SSSR count). The van der Waals surface area contributed by atoms with Crippen LogP contribution >= 0.6 is 11.8 Å². The smallest absolute Gasteiger partial charge is 0.138 e. The van der Waals surface area contributed by atoms with Crippen LogP contribution in [0, 0.1) is 6.92 Å². The Morgan fingerprint density at radius 1 is 1.41 bits per heavy atom. The molecule has 0 spiro atoms. The fourth-order valence-corrected chi connectivity index (χ4v) is 3.41. The zero-order valence-electron chi connectivity index (χ0n) is 10.7. The van der Waals surface area contributed by atoms with Crippen molar-refractivity contribution in [2.45, 2.75) is 50.2 Å². The average Bonchev–Trinajstić information content (AvgIpc) is 2.83. The van der Waals surface area contributed by atoms with Crippen LogP contribution in [0.15, 0.2) is 6.20 Å². The lowest BCUT2D eigenvalue weighted by molar-refractivity contribution is 0.789. The van der Waals surface area contributed by atoms with Crippen molar-refractivity contribution in [3.63, 3.8) is 0 Å². The van der Waals surface area contributed by atoms with Crippen molar-refractivity contribution in [2.24, 2.45) is 0 Å². The molecule has 0 saturated heterocycles. The van der Waals surface area contributed by atoms with Gasteiger partial charge in [-0.3, -0.25) is 0 Å². The van der Waals surface area contributed by atoms with Crippen LogP contribution in [-0.2, 0) is 12.3 Å². The van der Waals surface area contributed by atoms with Gasteiger partial charge in [-0.1, -0.05) is 12.8 Å². The Bertz CT molecular complexity index is 362. The van der Waals surface area contributed by atoms with Gasteiger partial charge in [0.2, 0.25) is 0 Å². The minimum Gasteiger partial charge on any atom is -0.316 e. The van der Waals surface area contributed by atoms with Crippen molar-refractivity contribution < 1.29 is 0 Å². The van der Waals surface area contributed by atoms with E-state index in [1.165, 1.54) is 31.2 Å². The molecule has 1 aromatic rings. The topological polar surface area (TPSA) is 37.8 Å². The van der Waals surface area contributed by atoms with E-state index in [0.29, 0.717) is 0 Å². The van der Waals surface area contributed by atoms with Crippen molar-refractivity contribution in [1.29, 1.82) is 0 Å². The van der Waals surface area contributed by atoms with Crippen LogP contribution in [0.5, 0.6) is 0 Å². The van der Waals surface area contributed by atoms with Gasteiger partial charge < -0.3 is 5.32 Å². The van der Waals surface area contributed by atoms with Crippen LogP contribution in [-0.4, -0.2) is 22.3 Å². The van der Waals surface area contributed by atoms with Gasteiger partial charge in [0.15, 0.2) is 0 Å². The second kappa shape index (κ2) is 6.36. The van der Waals surface area contributed by atoms with Gasteiger partial charge in [-0.2, -0.15) is 11.8 Å². The Balaban J connectivity index is 1.90. The molecule has 0 amide bonds. The highest BCUT2D eigenvalue weighted by Gasteiger charge is 2.15. The second-order valence-corrected chi connectivity index (χ2v) is 5.93. The van der Waals surface area contributed by atoms with E-state index in [4.69, 9.17) is 0 Å². The highest BCUT2D eigenvalue weighted by atomic mass is 32.2. The molecule has 3 nitrogen and oxygen atoms in total. The summed E-state index contributed by atoms with van der Waals surface area (Å²) in [7, 11) is 1.95. The van der Waals surface area contributed by atoms with Gasteiger partial charge in [-0.05, 0) is 26.8 Å². The van der Waals surface area contributed by atoms with Crippen molar-refractivity contribution in [3.05, 3.63) is 23.3 Å². The number of hydrogen-bond donors (Lipinski definition) is 1. The average molecular weight is 251 g/mol. The van der Waals surface area contributed by atoms with Crippen LogP contribution in [0.3, 0.4) is 0 Å². The first-order valence-corrected chi connectivity index (χ1v) is 7.42. The zero-order chi connectivity index (χ0) is 12.1. The maximum atomic E-state index is 4.58. The summed E-state index contributed by atoms with van der Waals surface area (Å²) in [6, 6.07) is 0. The summed E-state index contributed by atoms with van der Waals surface area (Å²) in [5, 5.41) is 3.98. The van der Waals surface area contributed by atoms with E-state index in [9.17, 15) is 0 Å². The Morgan fingerprint density at radius 2 is 2.18 bits per heavy atom. The lowest BCUT2D eigenvalue weighted by atomic mass is 10.2. The van der Waals surface area contributed by atoms with Crippen LogP contribution in [0.25, 0.3) is 0 Å². The second-order valence-electron chi connectivity index (χ2n) is 4.64. The van der Waals surface area contributed by atoms with Gasteiger partial charge in [-0.25, -0.2) is 9.97 Å². The summed E-state index contributed by atoms with van der Waals surface area (Å²) >= 11 is 2.02. The Hall–Kier alpha value is -0.610. The number of nitrogens with zero attached hydrogens (tertiary/aromatic N) is 2.